The number of Topliss-reactive ketones (excluding diaryl/α,β-unsaturated/α-hetero) is 1. The zero-order valence-corrected chi connectivity index (χ0v) is 11.0. The van der Waals surface area contributed by atoms with E-state index in [9.17, 15) is 4.79 Å². The van der Waals surface area contributed by atoms with Crippen molar-refractivity contribution in [2.24, 2.45) is 0 Å². The third-order valence-electron chi connectivity index (χ3n) is 2.04. The summed E-state index contributed by atoms with van der Waals surface area (Å²) in [7, 11) is 0. The second kappa shape index (κ2) is 7.52. The van der Waals surface area contributed by atoms with Crippen LogP contribution >= 0.6 is 15.9 Å². The number of rotatable bonds is 7. The predicted octanol–water partition coefficient (Wildman–Crippen LogP) is 2.77. The Balaban J connectivity index is 2.29. The third kappa shape index (κ3) is 5.37. The Labute approximate surface area is 104 Å². The van der Waals surface area contributed by atoms with E-state index >= 15 is 0 Å². The molecule has 0 saturated carbocycles. The van der Waals surface area contributed by atoms with Gasteiger partial charge in [-0.3, -0.25) is 9.78 Å². The highest BCUT2D eigenvalue weighted by Gasteiger charge is 2.04. The number of carbonyl (C=O) groups is 1. The summed E-state index contributed by atoms with van der Waals surface area (Å²) in [6.07, 6.45) is 5.33. The molecule has 3 nitrogen and oxygen atoms in total. The number of hydrogen-bond donors (Lipinski definition) is 0. The molecule has 1 rings (SSSR count). The topological polar surface area (TPSA) is 39.2 Å². The van der Waals surface area contributed by atoms with Gasteiger partial charge >= 0.3 is 0 Å². The summed E-state index contributed by atoms with van der Waals surface area (Å²) >= 11 is 3.33. The summed E-state index contributed by atoms with van der Waals surface area (Å²) in [6.45, 7) is 3.30. The fraction of sp³-hybridized carbons (Fsp3) is 0.500. The third-order valence-corrected chi connectivity index (χ3v) is 2.47. The van der Waals surface area contributed by atoms with Gasteiger partial charge in [-0.1, -0.05) is 6.92 Å². The summed E-state index contributed by atoms with van der Waals surface area (Å²) in [4.78, 5) is 15.6. The van der Waals surface area contributed by atoms with E-state index in [1.165, 1.54) is 0 Å². The van der Waals surface area contributed by atoms with Crippen molar-refractivity contribution in [3.63, 3.8) is 0 Å². The zero-order valence-electron chi connectivity index (χ0n) is 9.41. The molecule has 0 aliphatic carbocycles. The van der Waals surface area contributed by atoms with Gasteiger partial charge in [-0.25, -0.2) is 0 Å². The van der Waals surface area contributed by atoms with Gasteiger partial charge in [-0.15, -0.1) is 0 Å². The molecule has 0 aromatic carbocycles. The molecule has 1 aromatic rings. The Morgan fingerprint density at radius 2 is 2.25 bits per heavy atom. The van der Waals surface area contributed by atoms with Gasteiger partial charge in [-0.2, -0.15) is 0 Å². The van der Waals surface area contributed by atoms with Crippen molar-refractivity contribution in [1.82, 2.24) is 4.98 Å². The van der Waals surface area contributed by atoms with Crippen LogP contribution in [0.15, 0.2) is 22.9 Å². The van der Waals surface area contributed by atoms with E-state index in [1.54, 1.807) is 12.4 Å². The molecule has 0 saturated heterocycles. The lowest BCUT2D eigenvalue weighted by molar-refractivity contribution is -0.119. The summed E-state index contributed by atoms with van der Waals surface area (Å²) < 4.78 is 6.17. The van der Waals surface area contributed by atoms with E-state index in [0.717, 1.165) is 23.1 Å². The molecule has 88 valence electrons. The monoisotopic (exact) mass is 285 g/mol. The normalized spacial score (nSPS) is 10.4. The number of ether oxygens (including phenoxy) is 1. The molecule has 4 heteroatoms. The van der Waals surface area contributed by atoms with Crippen LogP contribution in [0.5, 0.6) is 0 Å². The van der Waals surface area contributed by atoms with Crippen LogP contribution in [0.2, 0.25) is 0 Å². The van der Waals surface area contributed by atoms with E-state index in [4.69, 9.17) is 4.74 Å². The molecule has 0 amide bonds. The van der Waals surface area contributed by atoms with Gasteiger partial charge in [0.1, 0.15) is 5.78 Å². The Hall–Kier alpha value is -0.740. The average molecular weight is 286 g/mol. The van der Waals surface area contributed by atoms with Crippen LogP contribution in [0.4, 0.5) is 0 Å². The Morgan fingerprint density at radius 3 is 2.94 bits per heavy atom. The lowest BCUT2D eigenvalue weighted by atomic mass is 10.1. The largest absolute Gasteiger partial charge is 0.381 e. The van der Waals surface area contributed by atoms with Gasteiger partial charge < -0.3 is 4.74 Å². The Morgan fingerprint density at radius 1 is 1.44 bits per heavy atom. The molecule has 0 bridgehead atoms. The van der Waals surface area contributed by atoms with Crippen LogP contribution in [-0.2, 0) is 16.0 Å². The first-order valence-corrected chi connectivity index (χ1v) is 6.20. The van der Waals surface area contributed by atoms with Gasteiger partial charge in [0.25, 0.3) is 0 Å². The number of nitrogens with zero attached hydrogens (tertiary/aromatic N) is 1. The van der Waals surface area contributed by atoms with Crippen LogP contribution in [0, 0.1) is 0 Å². The molecule has 0 radical (unpaired) electrons. The molecule has 1 heterocycles. The van der Waals surface area contributed by atoms with Crippen LogP contribution < -0.4 is 0 Å². The first kappa shape index (κ1) is 13.3. The standard InChI is InChI=1S/C12H16BrNO2/c1-2-4-16-5-3-12(15)7-10-6-11(13)9-14-8-10/h6,8-9H,2-5,7H2,1H3. The molecule has 16 heavy (non-hydrogen) atoms. The lowest BCUT2D eigenvalue weighted by Crippen LogP contribution is -2.07. The van der Waals surface area contributed by atoms with Gasteiger partial charge in [0.15, 0.2) is 0 Å². The van der Waals surface area contributed by atoms with Crippen LogP contribution in [-0.4, -0.2) is 24.0 Å². The zero-order chi connectivity index (χ0) is 11.8. The number of ketones is 1. The molecule has 0 atom stereocenters. The van der Waals surface area contributed by atoms with E-state index in [0.29, 0.717) is 19.4 Å². The number of aromatic nitrogens is 1. The van der Waals surface area contributed by atoms with Gasteiger partial charge in [0.2, 0.25) is 0 Å². The molecular weight excluding hydrogens is 270 g/mol. The molecule has 1 aromatic heterocycles. The minimum absolute atomic E-state index is 0.191. The van der Waals surface area contributed by atoms with Crippen molar-refractivity contribution in [3.8, 4) is 0 Å². The highest BCUT2D eigenvalue weighted by molar-refractivity contribution is 9.10. The number of carbonyl (C=O) groups excluding carboxylic acids is 1. The van der Waals surface area contributed by atoms with Crippen molar-refractivity contribution >= 4 is 21.7 Å². The maximum Gasteiger partial charge on any atom is 0.139 e. The van der Waals surface area contributed by atoms with E-state index in [1.807, 2.05) is 6.07 Å². The smallest absolute Gasteiger partial charge is 0.139 e. The fourth-order valence-corrected chi connectivity index (χ4v) is 1.71. The minimum Gasteiger partial charge on any atom is -0.381 e. The van der Waals surface area contributed by atoms with E-state index in [2.05, 4.69) is 27.8 Å². The van der Waals surface area contributed by atoms with Crippen LogP contribution in [0.3, 0.4) is 0 Å². The quantitative estimate of drug-likeness (QED) is 0.723. The fourth-order valence-electron chi connectivity index (χ4n) is 1.30. The second-order valence-electron chi connectivity index (χ2n) is 3.59. The first-order chi connectivity index (χ1) is 7.72. The molecular formula is C12H16BrNO2. The van der Waals surface area contributed by atoms with Gasteiger partial charge in [0, 0.05) is 36.3 Å². The van der Waals surface area contributed by atoms with Crippen molar-refractivity contribution in [1.29, 1.82) is 0 Å². The minimum atomic E-state index is 0.191. The van der Waals surface area contributed by atoms with E-state index < -0.39 is 0 Å². The second-order valence-corrected chi connectivity index (χ2v) is 4.50. The maximum atomic E-state index is 11.6. The van der Waals surface area contributed by atoms with Crippen LogP contribution in [0.25, 0.3) is 0 Å². The molecule has 0 unspecified atom stereocenters. The molecule has 0 spiro atoms. The SMILES string of the molecule is CCCOCCC(=O)Cc1cncc(Br)c1. The summed E-state index contributed by atoms with van der Waals surface area (Å²) in [5, 5.41) is 0. The highest BCUT2D eigenvalue weighted by Crippen LogP contribution is 2.10. The first-order valence-electron chi connectivity index (χ1n) is 5.41. The molecule has 0 aliphatic rings. The lowest BCUT2D eigenvalue weighted by Gasteiger charge is -2.02. The van der Waals surface area contributed by atoms with Crippen molar-refractivity contribution in [2.45, 2.75) is 26.2 Å². The van der Waals surface area contributed by atoms with Crippen molar-refractivity contribution in [3.05, 3.63) is 28.5 Å². The molecule has 0 fully saturated rings. The van der Waals surface area contributed by atoms with E-state index in [-0.39, 0.29) is 5.78 Å². The number of hydrogen-bond acceptors (Lipinski definition) is 3. The number of halogens is 1. The summed E-state index contributed by atoms with van der Waals surface area (Å²) in [5.41, 5.74) is 0.940. The summed E-state index contributed by atoms with van der Waals surface area (Å²) in [6, 6.07) is 1.91. The molecule has 0 N–H and O–H groups in total. The van der Waals surface area contributed by atoms with Crippen molar-refractivity contribution < 1.29 is 9.53 Å². The molecule has 0 aliphatic heterocycles. The maximum absolute atomic E-state index is 11.6. The summed E-state index contributed by atoms with van der Waals surface area (Å²) in [5.74, 6) is 0.191. The Kier molecular flexibility index (Phi) is 6.26. The predicted molar refractivity (Wildman–Crippen MR) is 66.4 cm³/mol. The number of pyridine rings is 1. The van der Waals surface area contributed by atoms with Gasteiger partial charge in [0.05, 0.1) is 6.61 Å². The highest BCUT2D eigenvalue weighted by atomic mass is 79.9. The van der Waals surface area contributed by atoms with Gasteiger partial charge in [-0.05, 0) is 34.0 Å². The van der Waals surface area contributed by atoms with Crippen molar-refractivity contribution in [2.75, 3.05) is 13.2 Å². The Bertz CT molecular complexity index is 342. The average Bonchev–Trinajstić information content (AvgIpc) is 2.24. The van der Waals surface area contributed by atoms with Crippen LogP contribution in [0.1, 0.15) is 25.3 Å².